The molecule has 9 nitrogen and oxygen atoms in total. The summed E-state index contributed by atoms with van der Waals surface area (Å²) in [6, 6.07) is 9.51. The summed E-state index contributed by atoms with van der Waals surface area (Å²) in [7, 11) is 1.70. The van der Waals surface area contributed by atoms with Crippen LogP contribution in [0.15, 0.2) is 42.2 Å². The molecule has 2 aliphatic rings. The molecule has 34 heavy (non-hydrogen) atoms. The van der Waals surface area contributed by atoms with Gasteiger partial charge in [0.25, 0.3) is 5.91 Å². The number of halogens is 1. The van der Waals surface area contributed by atoms with E-state index in [0.717, 1.165) is 36.3 Å². The van der Waals surface area contributed by atoms with E-state index in [2.05, 4.69) is 20.6 Å². The van der Waals surface area contributed by atoms with E-state index in [9.17, 15) is 9.59 Å². The SMILES string of the molecule is CN/C(C=O)=C\c1cnn2c(NC3CC3)cc(N3CCN(C(=O)c4cccc(Cl)c4)CC3)nc12. The number of carbonyl (C=O) groups excluding carboxylic acids is 2. The molecule has 0 bridgehead atoms. The summed E-state index contributed by atoms with van der Waals surface area (Å²) in [5.74, 6) is 1.67. The van der Waals surface area contributed by atoms with E-state index >= 15 is 0 Å². The maximum atomic E-state index is 12.9. The third-order valence-corrected chi connectivity index (χ3v) is 6.34. The van der Waals surface area contributed by atoms with Crippen LogP contribution in [0.4, 0.5) is 11.6 Å². The summed E-state index contributed by atoms with van der Waals surface area (Å²) < 4.78 is 1.78. The predicted molar refractivity (Wildman–Crippen MR) is 132 cm³/mol. The van der Waals surface area contributed by atoms with Gasteiger partial charge in [0.15, 0.2) is 11.9 Å². The fourth-order valence-electron chi connectivity index (χ4n) is 4.05. The first kappa shape index (κ1) is 22.2. The Bertz CT molecular complexity index is 1260. The van der Waals surface area contributed by atoms with Crippen molar-refractivity contribution < 1.29 is 9.59 Å². The number of aromatic nitrogens is 3. The van der Waals surface area contributed by atoms with Crippen LogP contribution in [0.5, 0.6) is 0 Å². The number of allylic oxidation sites excluding steroid dienone is 1. The molecule has 1 aliphatic heterocycles. The standard InChI is InChI=1S/C24H26ClN7O2/c1-26-20(15-33)12-17-14-27-32-22(28-19-5-6-19)13-21(29-23(17)32)30-7-9-31(10-8-30)24(34)16-3-2-4-18(25)11-16/h2-4,11-15,19,26,28H,5-10H2,1H3/b20-12-. The lowest BCUT2D eigenvalue weighted by Gasteiger charge is -2.35. The molecular formula is C24H26ClN7O2. The summed E-state index contributed by atoms with van der Waals surface area (Å²) in [6.07, 6.45) is 6.49. The van der Waals surface area contributed by atoms with Gasteiger partial charge in [0.2, 0.25) is 0 Å². The summed E-state index contributed by atoms with van der Waals surface area (Å²) in [5.41, 5.74) is 2.48. The van der Waals surface area contributed by atoms with Gasteiger partial charge in [-0.25, -0.2) is 4.98 Å². The number of anilines is 2. The van der Waals surface area contributed by atoms with Crippen LogP contribution in [0, 0.1) is 0 Å². The molecule has 3 aromatic rings. The second-order valence-electron chi connectivity index (χ2n) is 8.51. The molecule has 0 unspecified atom stereocenters. The Hall–Kier alpha value is -3.59. The molecule has 2 N–H and O–H groups in total. The lowest BCUT2D eigenvalue weighted by molar-refractivity contribution is -0.105. The Morgan fingerprint density at radius 1 is 1.18 bits per heavy atom. The highest BCUT2D eigenvalue weighted by Crippen LogP contribution is 2.29. The fourth-order valence-corrected chi connectivity index (χ4v) is 4.24. The van der Waals surface area contributed by atoms with Gasteiger partial charge in [0, 0.05) is 61.5 Å². The molecule has 2 aromatic heterocycles. The van der Waals surface area contributed by atoms with Gasteiger partial charge in [0.05, 0.1) is 11.9 Å². The molecule has 0 radical (unpaired) electrons. The summed E-state index contributed by atoms with van der Waals surface area (Å²) >= 11 is 6.06. The zero-order valence-corrected chi connectivity index (χ0v) is 19.6. The van der Waals surface area contributed by atoms with E-state index < -0.39 is 0 Å². The number of nitrogens with one attached hydrogen (secondary N) is 2. The van der Waals surface area contributed by atoms with Crippen molar-refractivity contribution in [2.45, 2.75) is 18.9 Å². The van der Waals surface area contributed by atoms with Crippen molar-refractivity contribution in [3.05, 3.63) is 58.4 Å². The van der Waals surface area contributed by atoms with Crippen molar-refractivity contribution in [3.8, 4) is 0 Å². The monoisotopic (exact) mass is 479 g/mol. The van der Waals surface area contributed by atoms with Gasteiger partial charge in [-0.05, 0) is 37.1 Å². The smallest absolute Gasteiger partial charge is 0.254 e. The highest BCUT2D eigenvalue weighted by Gasteiger charge is 2.26. The summed E-state index contributed by atoms with van der Waals surface area (Å²) in [6.45, 7) is 2.50. The van der Waals surface area contributed by atoms with E-state index in [1.165, 1.54) is 0 Å². The number of piperazine rings is 1. The van der Waals surface area contributed by atoms with E-state index in [0.29, 0.717) is 54.2 Å². The van der Waals surface area contributed by atoms with Gasteiger partial charge in [0.1, 0.15) is 11.6 Å². The zero-order chi connectivity index (χ0) is 23.7. The molecule has 1 aliphatic carbocycles. The van der Waals surface area contributed by atoms with Crippen LogP contribution < -0.4 is 15.5 Å². The van der Waals surface area contributed by atoms with Crippen LogP contribution in [0.25, 0.3) is 11.7 Å². The number of benzene rings is 1. The Morgan fingerprint density at radius 3 is 2.65 bits per heavy atom. The maximum absolute atomic E-state index is 12.9. The van der Waals surface area contributed by atoms with Gasteiger partial charge in [-0.2, -0.15) is 9.61 Å². The van der Waals surface area contributed by atoms with Crippen molar-refractivity contribution in [3.63, 3.8) is 0 Å². The first-order chi connectivity index (χ1) is 16.6. The summed E-state index contributed by atoms with van der Waals surface area (Å²) in [4.78, 5) is 33.1. The number of hydrogen-bond acceptors (Lipinski definition) is 7. The molecule has 1 aromatic carbocycles. The molecule has 3 heterocycles. The minimum atomic E-state index is -0.0154. The van der Waals surface area contributed by atoms with Crippen LogP contribution in [-0.4, -0.2) is 71.0 Å². The van der Waals surface area contributed by atoms with Crippen LogP contribution in [0.2, 0.25) is 5.02 Å². The lowest BCUT2D eigenvalue weighted by Crippen LogP contribution is -2.49. The van der Waals surface area contributed by atoms with Crippen molar-refractivity contribution in [2.75, 3.05) is 43.4 Å². The molecule has 176 valence electrons. The van der Waals surface area contributed by atoms with Gasteiger partial charge in [-0.15, -0.1) is 0 Å². The molecule has 10 heteroatoms. The Labute approximate surface area is 202 Å². The van der Waals surface area contributed by atoms with Gasteiger partial charge < -0.3 is 20.4 Å². The number of likely N-dealkylation sites (N-methyl/N-ethyl adjacent to an activating group) is 1. The van der Waals surface area contributed by atoms with Crippen molar-refractivity contribution in [2.24, 2.45) is 0 Å². The maximum Gasteiger partial charge on any atom is 0.254 e. The molecule has 0 atom stereocenters. The highest BCUT2D eigenvalue weighted by molar-refractivity contribution is 6.30. The third-order valence-electron chi connectivity index (χ3n) is 6.10. The minimum absolute atomic E-state index is 0.0154. The van der Waals surface area contributed by atoms with Gasteiger partial charge in [-0.3, -0.25) is 9.59 Å². The first-order valence-corrected chi connectivity index (χ1v) is 11.7. The minimum Gasteiger partial charge on any atom is -0.385 e. The quantitative estimate of drug-likeness (QED) is 0.397. The van der Waals surface area contributed by atoms with E-state index in [4.69, 9.17) is 16.6 Å². The lowest BCUT2D eigenvalue weighted by atomic mass is 10.2. The normalized spacial score (nSPS) is 16.6. The van der Waals surface area contributed by atoms with Crippen molar-refractivity contribution in [1.29, 1.82) is 0 Å². The van der Waals surface area contributed by atoms with E-state index in [-0.39, 0.29) is 5.91 Å². The molecule has 1 saturated carbocycles. The second-order valence-corrected chi connectivity index (χ2v) is 8.95. The third kappa shape index (κ3) is 4.56. The van der Waals surface area contributed by atoms with Crippen LogP contribution >= 0.6 is 11.6 Å². The Morgan fingerprint density at radius 2 is 1.97 bits per heavy atom. The number of hydrogen-bond donors (Lipinski definition) is 2. The second kappa shape index (κ2) is 9.34. The topological polar surface area (TPSA) is 94.9 Å². The fraction of sp³-hybridized carbons (Fsp3) is 0.333. The average Bonchev–Trinajstić information content (AvgIpc) is 3.59. The zero-order valence-electron chi connectivity index (χ0n) is 18.9. The molecular weight excluding hydrogens is 454 g/mol. The molecule has 5 rings (SSSR count). The number of fused-ring (bicyclic) bond motifs is 1. The van der Waals surface area contributed by atoms with Crippen LogP contribution in [0.1, 0.15) is 28.8 Å². The van der Waals surface area contributed by atoms with E-state index in [1.807, 2.05) is 11.0 Å². The van der Waals surface area contributed by atoms with Crippen molar-refractivity contribution >= 4 is 47.2 Å². The Balaban J connectivity index is 1.40. The summed E-state index contributed by atoms with van der Waals surface area (Å²) in [5, 5.41) is 11.5. The number of carbonyl (C=O) groups is 2. The number of amides is 1. The van der Waals surface area contributed by atoms with Gasteiger partial charge >= 0.3 is 0 Å². The largest absolute Gasteiger partial charge is 0.385 e. The predicted octanol–water partition coefficient (Wildman–Crippen LogP) is 2.68. The van der Waals surface area contributed by atoms with Gasteiger partial charge in [-0.1, -0.05) is 17.7 Å². The average molecular weight is 480 g/mol. The first-order valence-electron chi connectivity index (χ1n) is 11.4. The molecule has 2 fully saturated rings. The van der Waals surface area contributed by atoms with Crippen molar-refractivity contribution in [1.82, 2.24) is 24.8 Å². The highest BCUT2D eigenvalue weighted by atomic mass is 35.5. The Kier molecular flexibility index (Phi) is 6.10. The number of nitrogens with zero attached hydrogens (tertiary/aromatic N) is 5. The number of aldehydes is 1. The molecule has 1 amide bonds. The van der Waals surface area contributed by atoms with Crippen LogP contribution in [-0.2, 0) is 4.79 Å². The van der Waals surface area contributed by atoms with Crippen LogP contribution in [0.3, 0.4) is 0 Å². The number of rotatable bonds is 7. The molecule has 1 saturated heterocycles. The molecule has 0 spiro atoms. The van der Waals surface area contributed by atoms with E-state index in [1.54, 1.807) is 48.1 Å².